The monoisotopic (exact) mass is 766 g/mol. The third kappa shape index (κ3) is 6.35. The van der Waals surface area contributed by atoms with Crippen LogP contribution in [-0.2, 0) is 15.7 Å². The van der Waals surface area contributed by atoms with Crippen LogP contribution in [0.3, 0.4) is 0 Å². The maximum absolute atomic E-state index is 15.3. The van der Waals surface area contributed by atoms with Crippen molar-refractivity contribution in [1.29, 1.82) is 0 Å². The number of hydrogen-bond acceptors (Lipinski definition) is 7. The molecule has 0 unspecified atom stereocenters. The van der Waals surface area contributed by atoms with Gasteiger partial charge in [-0.3, -0.25) is 9.47 Å². The maximum atomic E-state index is 15.3. The van der Waals surface area contributed by atoms with E-state index in [2.05, 4.69) is 4.98 Å². The molecule has 3 atom stereocenters. The summed E-state index contributed by atoms with van der Waals surface area (Å²) in [6, 6.07) is 1.06. The van der Waals surface area contributed by atoms with E-state index in [0.29, 0.717) is 6.07 Å². The van der Waals surface area contributed by atoms with E-state index in [1.54, 1.807) is 67.0 Å². The average Bonchev–Trinajstić information content (AvgIpc) is 2.91. The van der Waals surface area contributed by atoms with Crippen molar-refractivity contribution in [2.45, 2.75) is 69.4 Å². The SMILES string of the molecule is COC[C@H]1CSc2c(-c3cc(I)c(F)cc3F)c(C(F)(F)F)cc3c(N4C[C@@H](C)N(C(=O)OC(C)(C)C)[C@@H](C)C4)nc(=O)n1c23. The number of amides is 1. The van der Waals surface area contributed by atoms with Crippen LogP contribution in [0.25, 0.3) is 22.0 Å². The first-order chi connectivity index (χ1) is 20.9. The molecule has 3 aromatic rings. The van der Waals surface area contributed by atoms with E-state index in [1.807, 2.05) is 0 Å². The smallest absolute Gasteiger partial charge is 0.417 e. The largest absolute Gasteiger partial charge is 0.444 e. The Morgan fingerprint density at radius 1 is 1.09 bits per heavy atom. The number of thioether (sulfide) groups is 1. The van der Waals surface area contributed by atoms with Gasteiger partial charge in [-0.2, -0.15) is 18.2 Å². The van der Waals surface area contributed by atoms with Crippen molar-refractivity contribution in [3.05, 3.63) is 49.5 Å². The number of methoxy groups -OCH3 is 1. The first kappa shape index (κ1) is 33.7. The topological polar surface area (TPSA) is 76.9 Å². The van der Waals surface area contributed by atoms with E-state index in [1.165, 1.54) is 11.7 Å². The van der Waals surface area contributed by atoms with Crippen LogP contribution < -0.4 is 10.6 Å². The van der Waals surface area contributed by atoms with E-state index in [4.69, 9.17) is 9.47 Å². The minimum atomic E-state index is -4.94. The number of hydrogen-bond donors (Lipinski definition) is 0. The number of rotatable bonds is 4. The summed E-state index contributed by atoms with van der Waals surface area (Å²) in [5, 5.41) is 0.0521. The lowest BCUT2D eigenvalue weighted by atomic mass is 9.95. The Morgan fingerprint density at radius 2 is 1.73 bits per heavy atom. The molecule has 1 aromatic heterocycles. The van der Waals surface area contributed by atoms with Gasteiger partial charge in [-0.25, -0.2) is 18.4 Å². The van der Waals surface area contributed by atoms with Crippen molar-refractivity contribution in [2.24, 2.45) is 0 Å². The summed E-state index contributed by atoms with van der Waals surface area (Å²) in [6.07, 6.45) is -5.46. The Kier molecular flexibility index (Phi) is 9.12. The fraction of sp³-hybridized carbons (Fsp3) is 0.500. The summed E-state index contributed by atoms with van der Waals surface area (Å²) >= 11 is 2.66. The Labute approximate surface area is 274 Å². The molecule has 2 aliphatic heterocycles. The third-order valence-corrected chi connectivity index (χ3v) is 9.76. The van der Waals surface area contributed by atoms with Crippen LogP contribution in [0.5, 0.6) is 0 Å². The summed E-state index contributed by atoms with van der Waals surface area (Å²) in [4.78, 5) is 34.3. The number of benzene rings is 2. The summed E-state index contributed by atoms with van der Waals surface area (Å²) < 4.78 is 86.3. The van der Waals surface area contributed by atoms with Crippen molar-refractivity contribution in [1.82, 2.24) is 14.5 Å². The van der Waals surface area contributed by atoms with Crippen LogP contribution in [0.4, 0.5) is 32.6 Å². The van der Waals surface area contributed by atoms with Crippen LogP contribution >= 0.6 is 34.4 Å². The molecule has 244 valence electrons. The molecule has 0 spiro atoms. The number of ether oxygens (including phenoxy) is 2. The van der Waals surface area contributed by atoms with Gasteiger partial charge in [0.05, 0.1) is 35.8 Å². The molecule has 0 N–H and O–H groups in total. The molecule has 5 rings (SSSR count). The summed E-state index contributed by atoms with van der Waals surface area (Å²) in [5.74, 6) is -1.87. The fourth-order valence-electron chi connectivity index (χ4n) is 6.02. The molecular weight excluding hydrogens is 734 g/mol. The predicted molar refractivity (Wildman–Crippen MR) is 170 cm³/mol. The minimum absolute atomic E-state index is 0.0277. The van der Waals surface area contributed by atoms with E-state index in [-0.39, 0.29) is 50.6 Å². The molecule has 0 aliphatic carbocycles. The van der Waals surface area contributed by atoms with Crippen molar-refractivity contribution in [3.8, 4) is 11.1 Å². The van der Waals surface area contributed by atoms with Crippen LogP contribution in [0.1, 0.15) is 46.2 Å². The summed E-state index contributed by atoms with van der Waals surface area (Å²) in [7, 11) is 1.45. The van der Waals surface area contributed by atoms with E-state index < -0.39 is 70.0 Å². The second kappa shape index (κ2) is 12.2. The van der Waals surface area contributed by atoms with Gasteiger partial charge in [-0.1, -0.05) is 0 Å². The Hall–Kier alpha value is -2.66. The molecule has 0 bridgehead atoms. The Bertz CT molecular complexity index is 1720. The molecule has 0 radical (unpaired) electrons. The number of carbonyl (C=O) groups excluding carboxylic acids is 1. The zero-order chi connectivity index (χ0) is 33.2. The van der Waals surface area contributed by atoms with Crippen molar-refractivity contribution in [2.75, 3.05) is 37.5 Å². The molecule has 2 aliphatic rings. The zero-order valence-corrected chi connectivity index (χ0v) is 28.4. The van der Waals surface area contributed by atoms with Crippen LogP contribution in [0.2, 0.25) is 0 Å². The maximum Gasteiger partial charge on any atom is 0.417 e. The Balaban J connectivity index is 1.77. The minimum Gasteiger partial charge on any atom is -0.444 e. The molecule has 3 heterocycles. The quantitative estimate of drug-likeness (QED) is 0.160. The van der Waals surface area contributed by atoms with Gasteiger partial charge in [0.2, 0.25) is 0 Å². The van der Waals surface area contributed by atoms with Crippen molar-refractivity contribution >= 4 is 57.2 Å². The lowest BCUT2D eigenvalue weighted by Crippen LogP contribution is -2.60. The lowest BCUT2D eigenvalue weighted by molar-refractivity contribution is -0.137. The number of anilines is 1. The zero-order valence-electron chi connectivity index (χ0n) is 25.4. The molecule has 2 aromatic carbocycles. The van der Waals surface area contributed by atoms with Crippen LogP contribution in [0, 0.1) is 15.2 Å². The highest BCUT2D eigenvalue weighted by atomic mass is 127. The van der Waals surface area contributed by atoms with Gasteiger partial charge in [0.25, 0.3) is 0 Å². The molecule has 1 saturated heterocycles. The number of carbonyl (C=O) groups is 1. The number of alkyl halides is 3. The lowest BCUT2D eigenvalue weighted by Gasteiger charge is -2.45. The molecule has 1 fully saturated rings. The van der Waals surface area contributed by atoms with Gasteiger partial charge in [-0.15, -0.1) is 11.8 Å². The van der Waals surface area contributed by atoms with Gasteiger partial charge >= 0.3 is 18.0 Å². The standard InChI is InChI=1S/C30H32F5IN4O4S/c1-14-10-38(11-15(2)39(14)28(42)44-29(3,4)5)26-18-7-19(30(33,34)35)23(17-8-22(36)21(32)9-20(17)31)25-24(18)40(27(41)37-26)16(12-43-6)13-45-25/h7-9,14-16H,10-13H2,1-6H3/t14-,15+,16-/m0/s1. The van der Waals surface area contributed by atoms with Gasteiger partial charge in [0.15, 0.2) is 0 Å². The second-order valence-corrected chi connectivity index (χ2v) is 14.5. The van der Waals surface area contributed by atoms with Gasteiger partial charge in [-0.05, 0) is 69.3 Å². The highest BCUT2D eigenvalue weighted by Crippen LogP contribution is 2.50. The molecule has 45 heavy (non-hydrogen) atoms. The Morgan fingerprint density at radius 3 is 2.31 bits per heavy atom. The van der Waals surface area contributed by atoms with E-state index >= 15 is 4.39 Å². The van der Waals surface area contributed by atoms with Crippen molar-refractivity contribution < 1.29 is 36.2 Å². The third-order valence-electron chi connectivity index (χ3n) is 7.70. The summed E-state index contributed by atoms with van der Waals surface area (Å²) in [5.41, 5.74) is -3.28. The van der Waals surface area contributed by atoms with Gasteiger partial charge in [0, 0.05) is 57.0 Å². The molecular formula is C30H32F5IN4O4S. The van der Waals surface area contributed by atoms with Crippen molar-refractivity contribution in [3.63, 3.8) is 0 Å². The van der Waals surface area contributed by atoms with Gasteiger partial charge in [0.1, 0.15) is 23.1 Å². The number of piperazine rings is 1. The first-order valence-electron chi connectivity index (χ1n) is 14.2. The number of halogens is 6. The second-order valence-electron chi connectivity index (χ2n) is 12.3. The molecule has 1 amide bonds. The molecule has 8 nitrogen and oxygen atoms in total. The number of aromatic nitrogens is 2. The first-order valence-corrected chi connectivity index (χ1v) is 16.2. The van der Waals surface area contributed by atoms with Gasteiger partial charge < -0.3 is 14.4 Å². The summed E-state index contributed by atoms with van der Waals surface area (Å²) in [6.45, 7) is 9.24. The van der Waals surface area contributed by atoms with Crippen LogP contribution in [0.15, 0.2) is 27.9 Å². The average molecular weight is 767 g/mol. The highest BCUT2D eigenvalue weighted by molar-refractivity contribution is 14.1. The normalized spacial score (nSPS) is 20.6. The number of nitrogens with zero attached hydrogens (tertiary/aromatic N) is 4. The fourth-order valence-corrected chi connectivity index (χ4v) is 7.80. The molecule has 0 saturated carbocycles. The molecule has 15 heteroatoms. The van der Waals surface area contributed by atoms with E-state index in [0.717, 1.165) is 23.9 Å². The van der Waals surface area contributed by atoms with E-state index in [9.17, 15) is 27.2 Å². The van der Waals surface area contributed by atoms with Crippen LogP contribution in [-0.4, -0.2) is 70.8 Å². The predicted octanol–water partition coefficient (Wildman–Crippen LogP) is 7.09. The highest BCUT2D eigenvalue weighted by Gasteiger charge is 2.41.